The second-order valence-electron chi connectivity index (χ2n) is 5.20. The summed E-state index contributed by atoms with van der Waals surface area (Å²) >= 11 is 6.08. The Balaban J connectivity index is 1.88. The highest BCUT2D eigenvalue weighted by molar-refractivity contribution is 6.32. The molecule has 0 spiro atoms. The van der Waals surface area contributed by atoms with Gasteiger partial charge in [-0.2, -0.15) is 0 Å². The molecule has 5 nitrogen and oxygen atoms in total. The minimum atomic E-state index is -1.33. The molecule has 1 atom stereocenters. The van der Waals surface area contributed by atoms with Crippen molar-refractivity contribution in [3.8, 4) is 11.5 Å². The van der Waals surface area contributed by atoms with Crippen LogP contribution in [0, 0.1) is 0 Å². The van der Waals surface area contributed by atoms with Crippen LogP contribution < -0.4 is 14.6 Å². The number of carbonyl (C=O) groups excluding carboxylic acids is 2. The predicted octanol–water partition coefficient (Wildman–Crippen LogP) is 2.47. The van der Waals surface area contributed by atoms with Crippen molar-refractivity contribution in [3.63, 3.8) is 0 Å². The van der Waals surface area contributed by atoms with Crippen LogP contribution in [0.4, 0.5) is 0 Å². The zero-order chi connectivity index (χ0) is 17.3. The normalized spacial score (nSPS) is 15.8. The van der Waals surface area contributed by atoms with Crippen LogP contribution in [-0.2, 0) is 4.79 Å². The number of carbonyl (C=O) groups is 2. The molecule has 0 amide bonds. The summed E-state index contributed by atoms with van der Waals surface area (Å²) in [4.78, 5) is 23.1. The van der Waals surface area contributed by atoms with Crippen molar-refractivity contribution < 1.29 is 24.2 Å². The van der Waals surface area contributed by atoms with E-state index in [1.165, 1.54) is 25.1 Å². The minimum Gasteiger partial charge on any atom is -0.546 e. The molecule has 2 aromatic carbocycles. The zero-order valence-electron chi connectivity index (χ0n) is 12.6. The molecule has 0 saturated heterocycles. The number of carboxylic acid groups (broad SMARTS) is 1. The van der Waals surface area contributed by atoms with Crippen LogP contribution in [0.3, 0.4) is 0 Å². The number of aliphatic carboxylic acids is 1. The van der Waals surface area contributed by atoms with E-state index in [0.717, 1.165) is 0 Å². The Labute approximate surface area is 143 Å². The summed E-state index contributed by atoms with van der Waals surface area (Å²) in [7, 11) is 0. The fourth-order valence-corrected chi connectivity index (χ4v) is 2.42. The Kier molecular flexibility index (Phi) is 4.27. The van der Waals surface area contributed by atoms with Gasteiger partial charge >= 0.3 is 0 Å². The SMILES string of the molecule is C[C@@H](Oc1ccc2c(c1)O/C(=C\c1ccccc1Cl)C2=O)C(=O)[O-]. The predicted molar refractivity (Wildman–Crippen MR) is 85.9 cm³/mol. The van der Waals surface area contributed by atoms with Gasteiger partial charge in [0.25, 0.3) is 0 Å². The van der Waals surface area contributed by atoms with Gasteiger partial charge in [-0.3, -0.25) is 4.79 Å². The molecular weight excluding hydrogens is 332 g/mol. The first-order chi connectivity index (χ1) is 11.5. The highest BCUT2D eigenvalue weighted by Gasteiger charge is 2.28. The van der Waals surface area contributed by atoms with Crippen molar-refractivity contribution in [2.75, 3.05) is 0 Å². The molecule has 0 bridgehead atoms. The molecule has 2 aromatic rings. The first kappa shape index (κ1) is 16.1. The van der Waals surface area contributed by atoms with Crippen molar-refractivity contribution in [2.45, 2.75) is 13.0 Å². The number of allylic oxidation sites excluding steroid dienone is 1. The van der Waals surface area contributed by atoms with Gasteiger partial charge in [0.15, 0.2) is 5.76 Å². The highest BCUT2D eigenvalue weighted by Crippen LogP contribution is 2.35. The topological polar surface area (TPSA) is 75.7 Å². The van der Waals surface area contributed by atoms with Crippen LogP contribution in [0.5, 0.6) is 11.5 Å². The Hall–Kier alpha value is -2.79. The maximum absolute atomic E-state index is 12.4. The van der Waals surface area contributed by atoms with E-state index < -0.39 is 12.1 Å². The average Bonchev–Trinajstić information content (AvgIpc) is 2.85. The van der Waals surface area contributed by atoms with Gasteiger partial charge in [-0.05, 0) is 36.8 Å². The standard InChI is InChI=1S/C18H13ClO5/c1-10(18(21)22)23-12-6-7-13-15(9-12)24-16(17(13)20)8-11-4-2-3-5-14(11)19/h2-10H,1H3,(H,21,22)/p-1/b16-8-/t10-/m1/s1. The molecule has 0 radical (unpaired) electrons. The number of hydrogen-bond donors (Lipinski definition) is 0. The number of hydrogen-bond acceptors (Lipinski definition) is 5. The minimum absolute atomic E-state index is 0.142. The summed E-state index contributed by atoms with van der Waals surface area (Å²) in [5.74, 6) is -0.877. The van der Waals surface area contributed by atoms with Crippen molar-refractivity contribution in [3.05, 3.63) is 64.4 Å². The molecule has 0 unspecified atom stereocenters. The van der Waals surface area contributed by atoms with Crippen LogP contribution >= 0.6 is 11.6 Å². The fraction of sp³-hybridized carbons (Fsp3) is 0.111. The van der Waals surface area contributed by atoms with E-state index in [-0.39, 0.29) is 17.3 Å². The maximum atomic E-state index is 12.4. The second kappa shape index (κ2) is 6.37. The summed E-state index contributed by atoms with van der Waals surface area (Å²) in [5.41, 5.74) is 1.04. The summed E-state index contributed by atoms with van der Waals surface area (Å²) in [6, 6.07) is 11.6. The highest BCUT2D eigenvalue weighted by atomic mass is 35.5. The average molecular weight is 344 g/mol. The molecule has 1 aliphatic heterocycles. The Bertz CT molecular complexity index is 856. The monoisotopic (exact) mass is 343 g/mol. The molecule has 6 heteroatoms. The van der Waals surface area contributed by atoms with Gasteiger partial charge in [0, 0.05) is 11.1 Å². The number of fused-ring (bicyclic) bond motifs is 1. The number of benzene rings is 2. The third-order valence-corrected chi connectivity index (χ3v) is 3.82. The molecule has 24 heavy (non-hydrogen) atoms. The summed E-state index contributed by atoms with van der Waals surface area (Å²) in [6.45, 7) is 1.36. The Morgan fingerprint density at radius 2 is 2.04 bits per heavy atom. The molecule has 0 fully saturated rings. The second-order valence-corrected chi connectivity index (χ2v) is 5.61. The molecule has 0 aromatic heterocycles. The van der Waals surface area contributed by atoms with Gasteiger partial charge in [0.2, 0.25) is 5.78 Å². The van der Waals surface area contributed by atoms with Crippen molar-refractivity contribution >= 4 is 29.4 Å². The van der Waals surface area contributed by atoms with E-state index in [4.69, 9.17) is 21.1 Å². The molecule has 122 valence electrons. The van der Waals surface area contributed by atoms with E-state index in [1.807, 2.05) is 0 Å². The van der Waals surface area contributed by atoms with Gasteiger partial charge in [0.05, 0.1) is 11.5 Å². The van der Waals surface area contributed by atoms with E-state index >= 15 is 0 Å². The van der Waals surface area contributed by atoms with Gasteiger partial charge in [-0.1, -0.05) is 29.8 Å². The largest absolute Gasteiger partial charge is 0.546 e. The van der Waals surface area contributed by atoms with Crippen LogP contribution in [0.15, 0.2) is 48.2 Å². The van der Waals surface area contributed by atoms with Gasteiger partial charge in [-0.15, -0.1) is 0 Å². The van der Waals surface area contributed by atoms with Crippen molar-refractivity contribution in [2.24, 2.45) is 0 Å². The number of carboxylic acids is 1. The summed E-state index contributed by atoms with van der Waals surface area (Å²) < 4.78 is 10.8. The smallest absolute Gasteiger partial charge is 0.231 e. The number of ketones is 1. The molecule has 0 aliphatic carbocycles. The first-order valence-electron chi connectivity index (χ1n) is 7.16. The molecule has 3 rings (SSSR count). The van der Waals surface area contributed by atoms with Gasteiger partial charge < -0.3 is 19.4 Å². The number of rotatable bonds is 4. The van der Waals surface area contributed by atoms with Gasteiger partial charge in [0.1, 0.15) is 17.6 Å². The summed E-state index contributed by atoms with van der Waals surface area (Å²) in [5, 5.41) is 11.2. The van der Waals surface area contributed by atoms with Crippen LogP contribution in [0.1, 0.15) is 22.8 Å². The lowest BCUT2D eigenvalue weighted by molar-refractivity contribution is -0.312. The summed E-state index contributed by atoms with van der Waals surface area (Å²) in [6.07, 6.45) is 0.452. The third-order valence-electron chi connectivity index (χ3n) is 3.48. The number of halogens is 1. The molecule has 1 heterocycles. The lowest BCUT2D eigenvalue weighted by atomic mass is 10.1. The van der Waals surface area contributed by atoms with Crippen LogP contribution in [-0.4, -0.2) is 17.9 Å². The van der Waals surface area contributed by atoms with Crippen LogP contribution in [0.25, 0.3) is 6.08 Å². The number of ether oxygens (including phenoxy) is 2. The van der Waals surface area contributed by atoms with Crippen molar-refractivity contribution in [1.82, 2.24) is 0 Å². The first-order valence-corrected chi connectivity index (χ1v) is 7.54. The lowest BCUT2D eigenvalue weighted by Crippen LogP contribution is -2.37. The maximum Gasteiger partial charge on any atom is 0.231 e. The molecule has 0 N–H and O–H groups in total. The zero-order valence-corrected chi connectivity index (χ0v) is 13.4. The Morgan fingerprint density at radius 3 is 2.75 bits per heavy atom. The van der Waals surface area contributed by atoms with E-state index in [2.05, 4.69) is 0 Å². The lowest BCUT2D eigenvalue weighted by Gasteiger charge is -2.15. The molecule has 1 aliphatic rings. The fourth-order valence-electron chi connectivity index (χ4n) is 2.23. The van der Waals surface area contributed by atoms with E-state index in [9.17, 15) is 14.7 Å². The van der Waals surface area contributed by atoms with Crippen molar-refractivity contribution in [1.29, 1.82) is 0 Å². The number of Topliss-reactive ketones (excluding diaryl/α,β-unsaturated/α-hetero) is 1. The van der Waals surface area contributed by atoms with E-state index in [0.29, 0.717) is 21.9 Å². The molecular formula is C18H12ClO5-. The van der Waals surface area contributed by atoms with E-state index in [1.54, 1.807) is 30.3 Å². The molecule has 0 saturated carbocycles. The van der Waals surface area contributed by atoms with Gasteiger partial charge in [-0.25, -0.2) is 0 Å². The van der Waals surface area contributed by atoms with Crippen LogP contribution in [0.2, 0.25) is 5.02 Å². The quantitative estimate of drug-likeness (QED) is 0.797. The Morgan fingerprint density at radius 1 is 1.29 bits per heavy atom. The third kappa shape index (κ3) is 3.12.